The lowest BCUT2D eigenvalue weighted by atomic mass is 9.86. The molecule has 146 valence electrons. The van der Waals surface area contributed by atoms with Gasteiger partial charge in [-0.3, -0.25) is 0 Å². The highest BCUT2D eigenvalue weighted by atomic mass is 79.9. The molecule has 0 bridgehead atoms. The average molecular weight is 434 g/mol. The van der Waals surface area contributed by atoms with Gasteiger partial charge in [0.15, 0.2) is 6.10 Å². The average Bonchev–Trinajstić information content (AvgIpc) is 2.68. The van der Waals surface area contributed by atoms with Gasteiger partial charge >= 0.3 is 5.97 Å². The second-order valence-electron chi connectivity index (χ2n) is 7.45. The molecule has 1 N–H and O–H groups in total. The van der Waals surface area contributed by atoms with Crippen molar-refractivity contribution in [2.75, 3.05) is 26.7 Å². The third-order valence-corrected chi connectivity index (χ3v) is 5.58. The van der Waals surface area contributed by atoms with Crippen LogP contribution in [-0.4, -0.2) is 48.3 Å². The molecule has 0 aliphatic carbocycles. The largest absolute Gasteiger partial charge is 1.00 e. The number of likely N-dealkylation sites (tertiary alicyclic amines) is 1. The van der Waals surface area contributed by atoms with E-state index in [2.05, 4.69) is 14.0 Å². The molecule has 0 spiro atoms. The van der Waals surface area contributed by atoms with Gasteiger partial charge in [0.2, 0.25) is 5.60 Å². The molecule has 2 atom stereocenters. The smallest absolute Gasteiger partial charge is 0.348 e. The van der Waals surface area contributed by atoms with Crippen LogP contribution >= 0.6 is 0 Å². The Morgan fingerprint density at radius 2 is 1.63 bits per heavy atom. The van der Waals surface area contributed by atoms with Crippen molar-refractivity contribution in [3.05, 3.63) is 71.8 Å². The maximum atomic E-state index is 13.2. The van der Waals surface area contributed by atoms with Gasteiger partial charge < -0.3 is 31.3 Å². The molecule has 2 aromatic rings. The van der Waals surface area contributed by atoms with Gasteiger partial charge in [-0.05, 0) is 24.5 Å². The van der Waals surface area contributed by atoms with E-state index >= 15 is 0 Å². The van der Waals surface area contributed by atoms with Crippen molar-refractivity contribution in [3.8, 4) is 0 Å². The van der Waals surface area contributed by atoms with Crippen molar-refractivity contribution in [1.82, 2.24) is 0 Å². The topological polar surface area (TPSA) is 46.5 Å². The second kappa shape index (κ2) is 9.00. The summed E-state index contributed by atoms with van der Waals surface area (Å²) in [5.41, 5.74) is -0.741. The van der Waals surface area contributed by atoms with E-state index < -0.39 is 11.6 Å². The Balaban J connectivity index is 0.00000261. The Morgan fingerprint density at radius 3 is 2.11 bits per heavy atom. The summed E-state index contributed by atoms with van der Waals surface area (Å²) in [4.78, 5) is 13.2. The molecule has 0 saturated carbocycles. The number of aliphatic hydroxyl groups is 1. The molecule has 27 heavy (non-hydrogen) atoms. The molecule has 5 heteroatoms. The van der Waals surface area contributed by atoms with E-state index in [1.54, 1.807) is 24.3 Å². The number of nitrogens with zero attached hydrogens (tertiary/aromatic N) is 1. The number of likely N-dealkylation sites (N-methyl/N-ethyl adjacent to an activating group) is 1. The highest BCUT2D eigenvalue weighted by molar-refractivity contribution is 5.85. The lowest BCUT2D eigenvalue weighted by molar-refractivity contribution is -0.915. The molecular weight excluding hydrogens is 406 g/mol. The molecule has 0 radical (unpaired) electrons. The summed E-state index contributed by atoms with van der Waals surface area (Å²) < 4.78 is 6.75. The van der Waals surface area contributed by atoms with Crippen molar-refractivity contribution in [2.24, 2.45) is 0 Å². The fraction of sp³-hybridized carbons (Fsp3) is 0.409. The molecule has 4 nitrogen and oxygen atoms in total. The first-order valence-corrected chi connectivity index (χ1v) is 9.36. The summed E-state index contributed by atoms with van der Waals surface area (Å²) in [6, 6.07) is 18.1. The van der Waals surface area contributed by atoms with Crippen LogP contribution in [0.3, 0.4) is 0 Å². The minimum absolute atomic E-state index is 0. The monoisotopic (exact) mass is 433 g/mol. The van der Waals surface area contributed by atoms with Crippen molar-refractivity contribution >= 4 is 5.97 Å². The van der Waals surface area contributed by atoms with Gasteiger partial charge in [0.05, 0.1) is 20.1 Å². The van der Waals surface area contributed by atoms with Crippen LogP contribution in [0.4, 0.5) is 0 Å². The maximum Gasteiger partial charge on any atom is 0.348 e. The molecule has 1 heterocycles. The van der Waals surface area contributed by atoms with Gasteiger partial charge in [-0.1, -0.05) is 60.7 Å². The predicted octanol–water partition coefficient (Wildman–Crippen LogP) is 0.0986. The lowest BCUT2D eigenvalue weighted by Crippen LogP contribution is -3.00. The lowest BCUT2D eigenvalue weighted by Gasteiger charge is -2.41. The Kier molecular flexibility index (Phi) is 7.20. The third kappa shape index (κ3) is 4.60. The van der Waals surface area contributed by atoms with Gasteiger partial charge in [0.1, 0.15) is 6.54 Å². The maximum absolute atomic E-state index is 13.2. The number of ether oxygens (including phenoxy) is 1. The van der Waals surface area contributed by atoms with Crippen LogP contribution in [0, 0.1) is 0 Å². The van der Waals surface area contributed by atoms with Gasteiger partial charge in [-0.2, -0.15) is 0 Å². The molecule has 1 saturated heterocycles. The first-order chi connectivity index (χ1) is 12.5. The van der Waals surface area contributed by atoms with Crippen molar-refractivity contribution in [3.63, 3.8) is 0 Å². The van der Waals surface area contributed by atoms with Crippen LogP contribution in [0.15, 0.2) is 60.7 Å². The van der Waals surface area contributed by atoms with E-state index in [-0.39, 0.29) is 23.1 Å². The fourth-order valence-corrected chi connectivity index (χ4v) is 3.76. The zero-order valence-electron chi connectivity index (χ0n) is 16.0. The molecule has 0 amide bonds. The van der Waals surface area contributed by atoms with E-state index in [1.807, 2.05) is 36.4 Å². The number of benzene rings is 2. The van der Waals surface area contributed by atoms with Crippen molar-refractivity contribution in [2.45, 2.75) is 31.5 Å². The van der Waals surface area contributed by atoms with Crippen LogP contribution < -0.4 is 17.0 Å². The summed E-state index contributed by atoms with van der Waals surface area (Å²) in [5.74, 6) is -0.593. The first kappa shape index (κ1) is 21.6. The number of hydrogen-bond donors (Lipinski definition) is 1. The number of piperidine rings is 1. The number of esters is 1. The highest BCUT2D eigenvalue weighted by Crippen LogP contribution is 2.32. The van der Waals surface area contributed by atoms with Gasteiger partial charge in [-0.15, -0.1) is 0 Å². The molecule has 1 aliphatic heterocycles. The van der Waals surface area contributed by atoms with Crippen LogP contribution in [0.1, 0.15) is 30.9 Å². The number of carbonyl (C=O) groups is 1. The van der Waals surface area contributed by atoms with Crippen LogP contribution in [0.2, 0.25) is 0 Å². The van der Waals surface area contributed by atoms with E-state index in [0.717, 1.165) is 37.0 Å². The highest BCUT2D eigenvalue weighted by Gasteiger charge is 2.44. The van der Waals surface area contributed by atoms with E-state index in [4.69, 9.17) is 4.74 Å². The fourth-order valence-electron chi connectivity index (χ4n) is 3.76. The summed E-state index contributed by atoms with van der Waals surface area (Å²) in [5, 5.41) is 11.5. The quantitative estimate of drug-likeness (QED) is 0.537. The zero-order chi connectivity index (χ0) is 18.6. The normalized spacial score (nSPS) is 22.6. The van der Waals surface area contributed by atoms with Gasteiger partial charge in [-0.25, -0.2) is 4.79 Å². The SMILES string of the molecule is CC[N@@+]1(C)CCC[C@H](OC(=O)C(O)(c2ccccc2)c2ccccc2)C1.[Br-]. The Morgan fingerprint density at radius 1 is 1.11 bits per heavy atom. The minimum Gasteiger partial charge on any atom is -1.00 e. The van der Waals surface area contributed by atoms with E-state index in [9.17, 15) is 9.90 Å². The van der Waals surface area contributed by atoms with E-state index in [0.29, 0.717) is 11.1 Å². The van der Waals surface area contributed by atoms with Crippen molar-refractivity contribution in [1.29, 1.82) is 0 Å². The molecule has 3 rings (SSSR count). The second-order valence-corrected chi connectivity index (χ2v) is 7.45. The molecule has 2 aromatic carbocycles. The zero-order valence-corrected chi connectivity index (χ0v) is 17.6. The van der Waals surface area contributed by atoms with Crippen molar-refractivity contribution < 1.29 is 36.1 Å². The number of hydrogen-bond acceptors (Lipinski definition) is 3. The molecular formula is C22H28BrNO3. The molecule has 0 unspecified atom stereocenters. The summed E-state index contributed by atoms with van der Waals surface area (Å²) >= 11 is 0. The minimum atomic E-state index is -1.80. The Bertz CT molecular complexity index is 698. The Labute approximate surface area is 172 Å². The summed E-state index contributed by atoms with van der Waals surface area (Å²) in [6.07, 6.45) is 1.71. The summed E-state index contributed by atoms with van der Waals surface area (Å²) in [6.45, 7) is 5.07. The molecule has 1 aliphatic rings. The van der Waals surface area contributed by atoms with Gasteiger partial charge in [0, 0.05) is 6.42 Å². The van der Waals surface area contributed by atoms with Crippen LogP contribution in [0.5, 0.6) is 0 Å². The van der Waals surface area contributed by atoms with Crippen LogP contribution in [0.25, 0.3) is 0 Å². The van der Waals surface area contributed by atoms with Gasteiger partial charge in [0.25, 0.3) is 0 Å². The van der Waals surface area contributed by atoms with E-state index in [1.165, 1.54) is 0 Å². The number of carbonyl (C=O) groups excluding carboxylic acids is 1. The predicted molar refractivity (Wildman–Crippen MR) is 101 cm³/mol. The standard InChI is InChI=1S/C22H28NO3.BrH/c1-3-23(2)16-10-15-20(17-23)26-21(24)22(25,18-11-6-4-7-12-18)19-13-8-5-9-14-19;/h4-9,11-14,20,25H,3,10,15-17H2,1-2H3;1H/q+1;/p-1/t20-,23-;/m0./s1. The summed E-state index contributed by atoms with van der Waals surface area (Å²) in [7, 11) is 2.20. The molecule has 1 fully saturated rings. The first-order valence-electron chi connectivity index (χ1n) is 9.36. The molecule has 0 aromatic heterocycles. The third-order valence-electron chi connectivity index (χ3n) is 5.58. The number of quaternary nitrogens is 1. The Hall–Kier alpha value is -1.69. The number of halogens is 1. The number of rotatable bonds is 5. The van der Waals surface area contributed by atoms with Crippen LogP contribution in [-0.2, 0) is 15.1 Å².